The van der Waals surface area contributed by atoms with Gasteiger partial charge in [0.05, 0.1) is 12.5 Å². The van der Waals surface area contributed by atoms with E-state index in [2.05, 4.69) is 31.9 Å². The van der Waals surface area contributed by atoms with E-state index in [0.717, 1.165) is 18.4 Å². The Labute approximate surface area is 94.3 Å². The van der Waals surface area contributed by atoms with Crippen LogP contribution >= 0.6 is 0 Å². The predicted octanol–water partition coefficient (Wildman–Crippen LogP) is 3.19. The zero-order valence-electron chi connectivity index (χ0n) is 10.4. The molecule has 0 aromatic carbocycles. The number of nitrogens with zero attached hydrogens (tertiary/aromatic N) is 2. The molecule has 0 N–H and O–H groups in total. The van der Waals surface area contributed by atoms with Crippen molar-refractivity contribution >= 4 is 0 Å². The summed E-state index contributed by atoms with van der Waals surface area (Å²) >= 11 is 0. The first-order valence-electron chi connectivity index (χ1n) is 6.27. The largest absolute Gasteiger partial charge is 0.299 e. The molecular formula is C13H24N2. The Balaban J connectivity index is 2.44. The van der Waals surface area contributed by atoms with Crippen LogP contribution in [0, 0.1) is 17.2 Å². The summed E-state index contributed by atoms with van der Waals surface area (Å²) < 4.78 is 0. The Morgan fingerprint density at radius 2 is 1.93 bits per heavy atom. The summed E-state index contributed by atoms with van der Waals surface area (Å²) in [6.07, 6.45) is 7.13. The van der Waals surface area contributed by atoms with Gasteiger partial charge >= 0.3 is 0 Å². The maximum Gasteiger partial charge on any atom is 0.0638 e. The normalized spacial score (nSPS) is 28.7. The van der Waals surface area contributed by atoms with Gasteiger partial charge in [-0.25, -0.2) is 0 Å². The lowest BCUT2D eigenvalue weighted by Gasteiger charge is -2.37. The average Bonchev–Trinajstić information content (AvgIpc) is 2.26. The van der Waals surface area contributed by atoms with Gasteiger partial charge < -0.3 is 0 Å². The highest BCUT2D eigenvalue weighted by Gasteiger charge is 2.25. The number of hydrogen-bond acceptors (Lipinski definition) is 2. The third-order valence-electron chi connectivity index (χ3n) is 3.94. The molecule has 2 heteroatoms. The van der Waals surface area contributed by atoms with Crippen molar-refractivity contribution < 1.29 is 0 Å². The Kier molecular flexibility index (Phi) is 5.11. The highest BCUT2D eigenvalue weighted by Crippen LogP contribution is 2.28. The Morgan fingerprint density at radius 1 is 1.33 bits per heavy atom. The van der Waals surface area contributed by atoms with Crippen molar-refractivity contribution in [3.63, 3.8) is 0 Å². The van der Waals surface area contributed by atoms with Crippen LogP contribution in [0.5, 0.6) is 0 Å². The van der Waals surface area contributed by atoms with Crippen LogP contribution in [0.2, 0.25) is 0 Å². The maximum absolute atomic E-state index is 8.78. The molecule has 0 radical (unpaired) electrons. The first kappa shape index (κ1) is 12.5. The molecule has 0 heterocycles. The minimum Gasteiger partial charge on any atom is -0.299 e. The van der Waals surface area contributed by atoms with Crippen molar-refractivity contribution in [2.75, 3.05) is 7.05 Å². The molecule has 0 spiro atoms. The summed E-state index contributed by atoms with van der Waals surface area (Å²) in [6, 6.07) is 3.49. The lowest BCUT2D eigenvalue weighted by Crippen LogP contribution is -2.41. The van der Waals surface area contributed by atoms with Crippen LogP contribution in [-0.4, -0.2) is 24.0 Å². The molecule has 1 unspecified atom stereocenters. The minimum absolute atomic E-state index is 0.466. The molecule has 1 aliphatic carbocycles. The summed E-state index contributed by atoms with van der Waals surface area (Å²) in [7, 11) is 2.20. The van der Waals surface area contributed by atoms with Gasteiger partial charge in [0.25, 0.3) is 0 Å². The van der Waals surface area contributed by atoms with Crippen molar-refractivity contribution in [1.82, 2.24) is 4.90 Å². The summed E-state index contributed by atoms with van der Waals surface area (Å²) in [5.74, 6) is 0.908. The number of rotatable bonds is 4. The molecule has 1 rings (SSSR count). The number of hydrogen-bond donors (Lipinski definition) is 0. The van der Waals surface area contributed by atoms with Gasteiger partial charge in [-0.2, -0.15) is 5.26 Å². The molecular weight excluding hydrogens is 184 g/mol. The SMILES string of the molecule is CCC(CC#N)N(C)C1CCC(C)CC1. The van der Waals surface area contributed by atoms with Crippen LogP contribution in [-0.2, 0) is 0 Å². The monoisotopic (exact) mass is 208 g/mol. The highest BCUT2D eigenvalue weighted by molar-refractivity contribution is 4.85. The predicted molar refractivity (Wildman–Crippen MR) is 63.5 cm³/mol. The van der Waals surface area contributed by atoms with E-state index < -0.39 is 0 Å². The first-order chi connectivity index (χ1) is 7.19. The highest BCUT2D eigenvalue weighted by atomic mass is 15.2. The molecule has 0 aliphatic heterocycles. The molecule has 0 amide bonds. The fourth-order valence-electron chi connectivity index (χ4n) is 2.63. The molecule has 0 aromatic rings. The number of nitriles is 1. The fourth-order valence-corrected chi connectivity index (χ4v) is 2.63. The Morgan fingerprint density at radius 3 is 2.40 bits per heavy atom. The average molecular weight is 208 g/mol. The second-order valence-corrected chi connectivity index (χ2v) is 5.00. The van der Waals surface area contributed by atoms with E-state index in [0.29, 0.717) is 12.5 Å². The van der Waals surface area contributed by atoms with Gasteiger partial charge in [0.15, 0.2) is 0 Å². The van der Waals surface area contributed by atoms with Gasteiger partial charge in [0.2, 0.25) is 0 Å². The minimum atomic E-state index is 0.466. The topological polar surface area (TPSA) is 27.0 Å². The first-order valence-corrected chi connectivity index (χ1v) is 6.27. The van der Waals surface area contributed by atoms with Gasteiger partial charge in [-0.1, -0.05) is 13.8 Å². The van der Waals surface area contributed by atoms with E-state index in [1.807, 2.05) is 0 Å². The van der Waals surface area contributed by atoms with Crippen LogP contribution in [0.25, 0.3) is 0 Å². The van der Waals surface area contributed by atoms with E-state index >= 15 is 0 Å². The molecule has 1 fully saturated rings. The van der Waals surface area contributed by atoms with Crippen molar-refractivity contribution in [1.29, 1.82) is 5.26 Å². The molecule has 1 atom stereocenters. The lowest BCUT2D eigenvalue weighted by molar-refractivity contribution is 0.122. The summed E-state index contributed by atoms with van der Waals surface area (Å²) in [6.45, 7) is 4.53. The molecule has 15 heavy (non-hydrogen) atoms. The molecule has 0 saturated heterocycles. The maximum atomic E-state index is 8.78. The third kappa shape index (κ3) is 3.50. The summed E-state index contributed by atoms with van der Waals surface area (Å²) in [4.78, 5) is 2.45. The van der Waals surface area contributed by atoms with Gasteiger partial charge in [0.1, 0.15) is 0 Å². The van der Waals surface area contributed by atoms with E-state index in [1.54, 1.807) is 0 Å². The van der Waals surface area contributed by atoms with Gasteiger partial charge in [-0.3, -0.25) is 4.90 Å². The zero-order valence-corrected chi connectivity index (χ0v) is 10.4. The van der Waals surface area contributed by atoms with Crippen molar-refractivity contribution in [2.45, 2.75) is 64.5 Å². The van der Waals surface area contributed by atoms with Crippen LogP contribution in [0.4, 0.5) is 0 Å². The molecule has 0 aromatic heterocycles. The van der Waals surface area contributed by atoms with Gasteiger partial charge in [0, 0.05) is 12.1 Å². The lowest BCUT2D eigenvalue weighted by atomic mass is 9.86. The summed E-state index contributed by atoms with van der Waals surface area (Å²) in [5, 5.41) is 8.78. The van der Waals surface area contributed by atoms with E-state index in [-0.39, 0.29) is 0 Å². The molecule has 1 saturated carbocycles. The molecule has 0 bridgehead atoms. The van der Waals surface area contributed by atoms with Gasteiger partial charge in [-0.05, 0) is 45.1 Å². The van der Waals surface area contributed by atoms with Crippen LogP contribution in [0.15, 0.2) is 0 Å². The van der Waals surface area contributed by atoms with Crippen molar-refractivity contribution in [3.05, 3.63) is 0 Å². The van der Waals surface area contributed by atoms with Crippen molar-refractivity contribution in [3.8, 4) is 6.07 Å². The Hall–Kier alpha value is -0.550. The van der Waals surface area contributed by atoms with Crippen LogP contribution < -0.4 is 0 Å². The molecule has 2 nitrogen and oxygen atoms in total. The second-order valence-electron chi connectivity index (χ2n) is 5.00. The standard InChI is InChI=1S/C13H24N2/c1-4-12(9-10-14)15(3)13-7-5-11(2)6-8-13/h11-13H,4-9H2,1-3H3. The van der Waals surface area contributed by atoms with E-state index in [1.165, 1.54) is 25.7 Å². The smallest absolute Gasteiger partial charge is 0.0638 e. The Bertz CT molecular complexity index is 211. The molecule has 86 valence electrons. The third-order valence-corrected chi connectivity index (χ3v) is 3.94. The quantitative estimate of drug-likeness (QED) is 0.709. The van der Waals surface area contributed by atoms with E-state index in [9.17, 15) is 0 Å². The summed E-state index contributed by atoms with van der Waals surface area (Å²) in [5.41, 5.74) is 0. The van der Waals surface area contributed by atoms with Crippen LogP contribution in [0.3, 0.4) is 0 Å². The van der Waals surface area contributed by atoms with Crippen molar-refractivity contribution in [2.24, 2.45) is 5.92 Å². The van der Waals surface area contributed by atoms with Crippen LogP contribution in [0.1, 0.15) is 52.4 Å². The zero-order chi connectivity index (χ0) is 11.3. The fraction of sp³-hybridized carbons (Fsp3) is 0.923. The molecule has 1 aliphatic rings. The van der Waals surface area contributed by atoms with E-state index in [4.69, 9.17) is 5.26 Å². The van der Waals surface area contributed by atoms with Gasteiger partial charge in [-0.15, -0.1) is 0 Å². The second kappa shape index (κ2) is 6.12.